The molecular formula is C30H38N4O4. The number of carbonyl (C=O) groups excluding carboxylic acids is 2. The van der Waals surface area contributed by atoms with Crippen molar-refractivity contribution in [2.24, 2.45) is 10.7 Å². The zero-order valence-corrected chi connectivity index (χ0v) is 22.4. The lowest BCUT2D eigenvalue weighted by molar-refractivity contribution is -0.130. The predicted octanol–water partition coefficient (Wildman–Crippen LogP) is 4.82. The number of carbonyl (C=O) groups is 2. The van der Waals surface area contributed by atoms with E-state index in [1.54, 1.807) is 11.0 Å². The summed E-state index contributed by atoms with van der Waals surface area (Å²) in [6.07, 6.45) is 6.62. The second-order valence-electron chi connectivity index (χ2n) is 10.1. The van der Waals surface area contributed by atoms with Crippen LogP contribution in [0.4, 0.5) is 0 Å². The topological polar surface area (TPSA) is 106 Å². The van der Waals surface area contributed by atoms with Gasteiger partial charge in [0.2, 0.25) is 5.91 Å². The first kappa shape index (κ1) is 26.1. The van der Waals surface area contributed by atoms with Crippen LogP contribution in [0.3, 0.4) is 0 Å². The van der Waals surface area contributed by atoms with Gasteiger partial charge in [0.25, 0.3) is 5.91 Å². The Morgan fingerprint density at radius 1 is 0.921 bits per heavy atom. The number of hydrogen-bond acceptors (Lipinski definition) is 6. The average molecular weight is 519 g/mol. The quantitative estimate of drug-likeness (QED) is 0.520. The predicted molar refractivity (Wildman–Crippen MR) is 146 cm³/mol. The van der Waals surface area contributed by atoms with Gasteiger partial charge in [0.05, 0.1) is 31.3 Å². The third-order valence-electron chi connectivity index (χ3n) is 7.75. The van der Waals surface area contributed by atoms with Crippen LogP contribution in [0.5, 0.6) is 11.5 Å². The maximum absolute atomic E-state index is 13.4. The Labute approximate surface area is 224 Å². The second kappa shape index (κ2) is 11.5. The Balaban J connectivity index is 0.00000144. The molecule has 8 heteroatoms. The summed E-state index contributed by atoms with van der Waals surface area (Å²) in [7, 11) is 0. The largest absolute Gasteiger partial charge is 0.493 e. The van der Waals surface area contributed by atoms with Crippen molar-refractivity contribution in [3.63, 3.8) is 0 Å². The van der Waals surface area contributed by atoms with Crippen LogP contribution in [-0.2, 0) is 11.2 Å². The lowest BCUT2D eigenvalue weighted by Crippen LogP contribution is -2.50. The van der Waals surface area contributed by atoms with Gasteiger partial charge >= 0.3 is 0 Å². The summed E-state index contributed by atoms with van der Waals surface area (Å²) in [5, 5.41) is 3.22. The van der Waals surface area contributed by atoms with Gasteiger partial charge in [-0.15, -0.1) is 0 Å². The van der Waals surface area contributed by atoms with E-state index in [0.717, 1.165) is 55.4 Å². The van der Waals surface area contributed by atoms with Gasteiger partial charge in [0.15, 0.2) is 5.96 Å². The SMILES string of the molecule is CC.NC1=NC2CCCCCc3ccc4c(c3)C(CCO4)NC(=O)c3ccc4c(c3)[C@@H](CCO4)N1C(=O)C2. The molecule has 2 aromatic rings. The van der Waals surface area contributed by atoms with E-state index in [4.69, 9.17) is 20.2 Å². The number of ether oxygens (including phenoxy) is 2. The maximum atomic E-state index is 13.4. The molecule has 5 heterocycles. The van der Waals surface area contributed by atoms with E-state index in [-0.39, 0.29) is 35.9 Å². The second-order valence-corrected chi connectivity index (χ2v) is 10.1. The molecule has 8 nitrogen and oxygen atoms in total. The third kappa shape index (κ3) is 5.22. The van der Waals surface area contributed by atoms with Crippen molar-refractivity contribution in [1.82, 2.24) is 10.2 Å². The lowest BCUT2D eigenvalue weighted by Gasteiger charge is -2.38. The molecule has 6 bridgehead atoms. The summed E-state index contributed by atoms with van der Waals surface area (Å²) in [6.45, 7) is 5.04. The number of benzene rings is 2. The van der Waals surface area contributed by atoms with Crippen LogP contribution in [0.25, 0.3) is 0 Å². The molecule has 0 fully saturated rings. The van der Waals surface area contributed by atoms with Crippen molar-refractivity contribution < 1.29 is 19.1 Å². The fourth-order valence-corrected chi connectivity index (χ4v) is 5.89. The van der Waals surface area contributed by atoms with Crippen molar-refractivity contribution in [2.75, 3.05) is 13.2 Å². The van der Waals surface area contributed by atoms with Crippen molar-refractivity contribution in [2.45, 2.75) is 83.3 Å². The fraction of sp³-hybridized carbons (Fsp3) is 0.500. The van der Waals surface area contributed by atoms with Crippen LogP contribution in [0.15, 0.2) is 41.4 Å². The molecule has 0 saturated heterocycles. The molecule has 7 rings (SSSR count). The van der Waals surface area contributed by atoms with Gasteiger partial charge in [-0.3, -0.25) is 14.5 Å². The first-order chi connectivity index (χ1) is 18.6. The van der Waals surface area contributed by atoms with Crippen molar-refractivity contribution in [3.8, 4) is 11.5 Å². The molecule has 0 saturated carbocycles. The standard InChI is InChI=1S/C28H32N4O4.C2H6/c29-28-30-19-5-3-1-2-4-17-6-8-24-20(14-17)22(10-12-35-24)31-27(34)18-7-9-25-21(15-18)23(11-13-36-25)32(28)26(33)16-19;1-2/h6-9,14-15,19,22-23H,1-5,10-13,16H2,(H2,29,30)(H,31,34);1-2H3/t19?,22?,23-;/m1./s1. The summed E-state index contributed by atoms with van der Waals surface area (Å²) in [5.74, 6) is 1.62. The summed E-state index contributed by atoms with van der Waals surface area (Å²) in [5.41, 5.74) is 9.99. The maximum Gasteiger partial charge on any atom is 0.251 e. The Hall–Kier alpha value is -3.55. The molecule has 2 unspecified atom stereocenters. The van der Waals surface area contributed by atoms with Gasteiger partial charge in [0, 0.05) is 36.0 Å². The number of rotatable bonds is 0. The minimum Gasteiger partial charge on any atom is -0.493 e. The van der Waals surface area contributed by atoms with Crippen molar-refractivity contribution >= 4 is 17.8 Å². The van der Waals surface area contributed by atoms with Crippen LogP contribution >= 0.6 is 0 Å². The van der Waals surface area contributed by atoms with Gasteiger partial charge < -0.3 is 20.5 Å². The zero-order valence-electron chi connectivity index (χ0n) is 22.4. The molecule has 5 aliphatic rings. The van der Waals surface area contributed by atoms with Crippen LogP contribution < -0.4 is 20.5 Å². The number of aryl methyl sites for hydroxylation is 1. The molecule has 3 N–H and O–H groups in total. The molecular weight excluding hydrogens is 480 g/mol. The van der Waals surface area contributed by atoms with Gasteiger partial charge in [-0.05, 0) is 49.1 Å². The molecule has 0 aliphatic carbocycles. The first-order valence-electron chi connectivity index (χ1n) is 14.1. The van der Waals surface area contributed by atoms with Crippen molar-refractivity contribution in [3.05, 3.63) is 58.7 Å². The highest BCUT2D eigenvalue weighted by molar-refractivity contribution is 5.99. The van der Waals surface area contributed by atoms with Crippen LogP contribution in [0, 0.1) is 0 Å². The Morgan fingerprint density at radius 2 is 1.68 bits per heavy atom. The Morgan fingerprint density at radius 3 is 2.50 bits per heavy atom. The van der Waals surface area contributed by atoms with E-state index in [1.165, 1.54) is 5.56 Å². The zero-order chi connectivity index (χ0) is 26.6. The van der Waals surface area contributed by atoms with Gasteiger partial charge in [-0.2, -0.15) is 0 Å². The Bertz CT molecular complexity index is 1230. The number of aliphatic imine (C=N–C) groups is 1. The van der Waals surface area contributed by atoms with E-state index in [0.29, 0.717) is 37.4 Å². The number of fused-ring (bicyclic) bond motifs is 6. The normalized spacial score (nSPS) is 24.7. The summed E-state index contributed by atoms with van der Waals surface area (Å²) in [4.78, 5) is 33.0. The first-order valence-corrected chi connectivity index (χ1v) is 14.1. The van der Waals surface area contributed by atoms with E-state index in [1.807, 2.05) is 32.0 Å². The molecule has 38 heavy (non-hydrogen) atoms. The summed E-state index contributed by atoms with van der Waals surface area (Å²) < 4.78 is 11.8. The van der Waals surface area contributed by atoms with Gasteiger partial charge in [-0.1, -0.05) is 38.8 Å². The summed E-state index contributed by atoms with van der Waals surface area (Å²) in [6, 6.07) is 11.3. The lowest BCUT2D eigenvalue weighted by atomic mass is 9.94. The van der Waals surface area contributed by atoms with Crippen LogP contribution in [0.1, 0.15) is 97.9 Å². The molecule has 0 spiro atoms. The third-order valence-corrected chi connectivity index (χ3v) is 7.75. The van der Waals surface area contributed by atoms with Crippen LogP contribution in [0.2, 0.25) is 0 Å². The highest BCUT2D eigenvalue weighted by Gasteiger charge is 2.37. The molecule has 2 amide bonds. The number of hydrogen-bond donors (Lipinski definition) is 2. The Kier molecular flexibility index (Phi) is 7.86. The molecule has 202 valence electrons. The summed E-state index contributed by atoms with van der Waals surface area (Å²) >= 11 is 0. The van der Waals surface area contributed by atoms with E-state index >= 15 is 0 Å². The van der Waals surface area contributed by atoms with E-state index in [2.05, 4.69) is 17.4 Å². The number of nitrogens with two attached hydrogens (primary N) is 1. The van der Waals surface area contributed by atoms with Crippen molar-refractivity contribution in [1.29, 1.82) is 0 Å². The highest BCUT2D eigenvalue weighted by atomic mass is 16.5. The van der Waals surface area contributed by atoms with E-state index in [9.17, 15) is 9.59 Å². The molecule has 2 aromatic carbocycles. The number of guanidine groups is 1. The fourth-order valence-electron chi connectivity index (χ4n) is 5.89. The minimum atomic E-state index is -0.299. The highest BCUT2D eigenvalue weighted by Crippen LogP contribution is 2.39. The van der Waals surface area contributed by atoms with Crippen LogP contribution in [-0.4, -0.2) is 41.9 Å². The number of nitrogens with one attached hydrogen (secondary N) is 1. The number of nitrogens with zero attached hydrogens (tertiary/aromatic N) is 2. The monoisotopic (exact) mass is 518 g/mol. The number of amides is 2. The molecule has 0 radical (unpaired) electrons. The molecule has 3 atom stereocenters. The average Bonchev–Trinajstić information content (AvgIpc) is 2.93. The van der Waals surface area contributed by atoms with Gasteiger partial charge in [0.1, 0.15) is 11.5 Å². The van der Waals surface area contributed by atoms with E-state index < -0.39 is 0 Å². The molecule has 5 aliphatic heterocycles. The molecule has 0 aromatic heterocycles. The smallest absolute Gasteiger partial charge is 0.251 e. The van der Waals surface area contributed by atoms with Gasteiger partial charge in [-0.25, -0.2) is 4.99 Å². The minimum absolute atomic E-state index is 0.0103.